The van der Waals surface area contributed by atoms with Crippen molar-refractivity contribution < 1.29 is 19.1 Å². The van der Waals surface area contributed by atoms with Crippen molar-refractivity contribution in [3.8, 4) is 0 Å². The highest BCUT2D eigenvalue weighted by Gasteiger charge is 2.40. The Bertz CT molecular complexity index is 963. The molecule has 0 aliphatic carbocycles. The monoisotopic (exact) mass is 503 g/mol. The molecule has 1 atom stereocenters. The van der Waals surface area contributed by atoms with Crippen molar-refractivity contribution in [2.24, 2.45) is 4.99 Å². The van der Waals surface area contributed by atoms with Gasteiger partial charge in [-0.1, -0.05) is 56.5 Å². The first-order valence-corrected chi connectivity index (χ1v) is 12.9. The molecule has 7 nitrogen and oxygen atoms in total. The summed E-state index contributed by atoms with van der Waals surface area (Å²) in [6, 6.07) is 7.17. The number of carbonyl (C=O) groups excluding carboxylic acids is 2. The molecule has 8 heteroatoms. The molecule has 1 aliphatic rings. The molecule has 1 aromatic rings. The average Bonchev–Trinajstić information content (AvgIpc) is 2.83. The summed E-state index contributed by atoms with van der Waals surface area (Å²) < 4.78 is 10.8. The molecular formula is C27H38ClN3O4. The van der Waals surface area contributed by atoms with E-state index in [9.17, 15) is 9.59 Å². The van der Waals surface area contributed by atoms with Gasteiger partial charge in [-0.25, -0.2) is 14.6 Å². The Morgan fingerprint density at radius 2 is 1.57 bits per heavy atom. The summed E-state index contributed by atoms with van der Waals surface area (Å²) in [4.78, 5) is 33.2. The zero-order valence-corrected chi connectivity index (χ0v) is 22.3. The molecule has 0 fully saturated rings. The number of ether oxygens (including phenoxy) is 2. The van der Waals surface area contributed by atoms with Crippen LogP contribution in [-0.2, 0) is 19.1 Å². The highest BCUT2D eigenvalue weighted by molar-refractivity contribution is 6.31. The summed E-state index contributed by atoms with van der Waals surface area (Å²) in [6.07, 6.45) is 6.01. The van der Waals surface area contributed by atoms with E-state index in [0.29, 0.717) is 27.7 Å². The van der Waals surface area contributed by atoms with Crippen molar-refractivity contribution in [1.82, 2.24) is 10.2 Å². The van der Waals surface area contributed by atoms with Crippen LogP contribution in [0.3, 0.4) is 0 Å². The number of hydrogen-bond acceptors (Lipinski definition) is 6. The summed E-state index contributed by atoms with van der Waals surface area (Å²) >= 11 is 6.57. The standard InChI is InChI=1S/C27H38ClN3O4/c1-6-10-16-31(17-11-7-2)18-29-25-24(27(33)35-9-4)23(20-14-12-13-15-21(20)28)22(19(5)30-25)26(32)34-8-3/h12-15,18,23,30H,6-11,16-17H2,1-5H3. The largest absolute Gasteiger partial charge is 0.463 e. The van der Waals surface area contributed by atoms with Gasteiger partial charge in [0, 0.05) is 23.8 Å². The van der Waals surface area contributed by atoms with Crippen LogP contribution in [0.15, 0.2) is 51.9 Å². The molecule has 1 N–H and O–H groups in total. The Balaban J connectivity index is 2.67. The van der Waals surface area contributed by atoms with E-state index in [1.54, 1.807) is 45.3 Å². The van der Waals surface area contributed by atoms with Crippen LogP contribution in [0.2, 0.25) is 5.02 Å². The molecule has 2 rings (SSSR count). The third kappa shape index (κ3) is 7.59. The van der Waals surface area contributed by atoms with Crippen molar-refractivity contribution in [3.05, 3.63) is 57.5 Å². The average molecular weight is 504 g/mol. The predicted molar refractivity (Wildman–Crippen MR) is 140 cm³/mol. The number of esters is 2. The third-order valence-electron chi connectivity index (χ3n) is 5.70. The second kappa shape index (κ2) is 14.6. The molecule has 1 unspecified atom stereocenters. The van der Waals surface area contributed by atoms with E-state index in [1.165, 1.54) is 0 Å². The van der Waals surface area contributed by atoms with Gasteiger partial charge in [-0.3, -0.25) is 0 Å². The van der Waals surface area contributed by atoms with Gasteiger partial charge in [0.15, 0.2) is 0 Å². The molecule has 0 saturated carbocycles. The number of nitrogens with zero attached hydrogens (tertiary/aromatic N) is 2. The minimum Gasteiger partial charge on any atom is -0.463 e. The molecule has 0 spiro atoms. The van der Waals surface area contributed by atoms with Gasteiger partial charge in [0.2, 0.25) is 0 Å². The minimum atomic E-state index is -0.782. The van der Waals surface area contributed by atoms with Crippen LogP contribution in [-0.4, -0.2) is 49.5 Å². The van der Waals surface area contributed by atoms with Crippen LogP contribution in [0.1, 0.15) is 71.8 Å². The summed E-state index contributed by atoms with van der Waals surface area (Å²) in [7, 11) is 0. The zero-order chi connectivity index (χ0) is 25.8. The van der Waals surface area contributed by atoms with Gasteiger partial charge in [0.1, 0.15) is 5.82 Å². The highest BCUT2D eigenvalue weighted by atomic mass is 35.5. The first kappa shape index (κ1) is 28.4. The number of dihydropyridines is 1. The molecule has 0 saturated heterocycles. The van der Waals surface area contributed by atoms with Crippen molar-refractivity contribution in [1.29, 1.82) is 0 Å². The number of allylic oxidation sites excluding steroid dienone is 1. The lowest BCUT2D eigenvalue weighted by Crippen LogP contribution is -2.33. The number of unbranched alkanes of at least 4 members (excludes halogenated alkanes) is 2. The fraction of sp³-hybridized carbons (Fsp3) is 0.519. The van der Waals surface area contributed by atoms with Gasteiger partial charge in [0.25, 0.3) is 0 Å². The summed E-state index contributed by atoms with van der Waals surface area (Å²) in [5, 5.41) is 3.61. The molecule has 0 bridgehead atoms. The first-order valence-electron chi connectivity index (χ1n) is 12.5. The van der Waals surface area contributed by atoms with E-state index in [0.717, 1.165) is 38.8 Å². The van der Waals surface area contributed by atoms with Crippen molar-refractivity contribution in [2.45, 2.75) is 66.2 Å². The molecule has 192 valence electrons. The van der Waals surface area contributed by atoms with E-state index < -0.39 is 17.9 Å². The Hall–Kier alpha value is -2.80. The Kier molecular flexibility index (Phi) is 11.8. The fourth-order valence-corrected chi connectivity index (χ4v) is 4.17. The lowest BCUT2D eigenvalue weighted by atomic mass is 9.81. The minimum absolute atomic E-state index is 0.186. The van der Waals surface area contributed by atoms with Crippen LogP contribution in [0, 0.1) is 0 Å². The number of benzene rings is 1. The Morgan fingerprint density at radius 3 is 2.11 bits per heavy atom. The fourth-order valence-electron chi connectivity index (χ4n) is 3.92. The maximum atomic E-state index is 13.3. The third-order valence-corrected chi connectivity index (χ3v) is 6.04. The molecule has 35 heavy (non-hydrogen) atoms. The quantitative estimate of drug-likeness (QED) is 0.215. The SMILES string of the molecule is CCCCN(C=NC1=C(C(=O)OCC)C(c2ccccc2Cl)C(C(=O)OCC)=C(C)N1)CCCC. The molecule has 0 radical (unpaired) electrons. The number of halogens is 1. The maximum Gasteiger partial charge on any atom is 0.338 e. The number of rotatable bonds is 13. The van der Waals surface area contributed by atoms with Gasteiger partial charge in [-0.2, -0.15) is 0 Å². The number of aliphatic imine (C=N–C) groups is 1. The molecule has 1 aliphatic heterocycles. The van der Waals surface area contributed by atoms with Gasteiger partial charge >= 0.3 is 11.9 Å². The molecule has 1 aromatic carbocycles. The number of carbonyl (C=O) groups is 2. The van der Waals surface area contributed by atoms with E-state index in [-0.39, 0.29) is 18.8 Å². The van der Waals surface area contributed by atoms with Crippen LogP contribution < -0.4 is 5.32 Å². The van der Waals surface area contributed by atoms with Crippen molar-refractivity contribution in [2.75, 3.05) is 26.3 Å². The lowest BCUT2D eigenvalue weighted by Gasteiger charge is -2.30. The van der Waals surface area contributed by atoms with Crippen LogP contribution in [0.5, 0.6) is 0 Å². The van der Waals surface area contributed by atoms with E-state index >= 15 is 0 Å². The number of nitrogens with one attached hydrogen (secondary N) is 1. The van der Waals surface area contributed by atoms with Crippen molar-refractivity contribution in [3.63, 3.8) is 0 Å². The Labute approximate surface area is 214 Å². The van der Waals surface area contributed by atoms with E-state index in [1.807, 2.05) is 6.07 Å². The topological polar surface area (TPSA) is 80.2 Å². The maximum absolute atomic E-state index is 13.3. The molecule has 0 amide bonds. The van der Waals surface area contributed by atoms with Crippen LogP contribution in [0.4, 0.5) is 0 Å². The van der Waals surface area contributed by atoms with E-state index in [4.69, 9.17) is 26.1 Å². The highest BCUT2D eigenvalue weighted by Crippen LogP contribution is 2.42. The van der Waals surface area contributed by atoms with Crippen molar-refractivity contribution >= 4 is 29.9 Å². The van der Waals surface area contributed by atoms with Gasteiger partial charge in [-0.05, 0) is 45.2 Å². The van der Waals surface area contributed by atoms with Crippen LogP contribution in [0.25, 0.3) is 0 Å². The smallest absolute Gasteiger partial charge is 0.338 e. The summed E-state index contributed by atoms with van der Waals surface area (Å²) in [5.41, 5.74) is 1.72. The first-order chi connectivity index (χ1) is 16.9. The zero-order valence-electron chi connectivity index (χ0n) is 21.5. The van der Waals surface area contributed by atoms with E-state index in [2.05, 4.69) is 24.1 Å². The summed E-state index contributed by atoms with van der Waals surface area (Å²) in [6.45, 7) is 11.7. The number of hydrogen-bond donors (Lipinski definition) is 1. The normalized spacial score (nSPS) is 15.9. The van der Waals surface area contributed by atoms with Gasteiger partial charge in [0.05, 0.1) is 36.6 Å². The summed E-state index contributed by atoms with van der Waals surface area (Å²) in [5.74, 6) is -1.51. The van der Waals surface area contributed by atoms with Gasteiger partial charge in [-0.15, -0.1) is 0 Å². The lowest BCUT2D eigenvalue weighted by molar-refractivity contribution is -0.139. The van der Waals surface area contributed by atoms with Crippen LogP contribution >= 0.6 is 11.6 Å². The molecule has 0 aromatic heterocycles. The second-order valence-electron chi connectivity index (χ2n) is 8.31. The predicted octanol–water partition coefficient (Wildman–Crippen LogP) is 5.57. The van der Waals surface area contributed by atoms with Gasteiger partial charge < -0.3 is 19.7 Å². The Morgan fingerprint density at radius 1 is 1.00 bits per heavy atom. The second-order valence-corrected chi connectivity index (χ2v) is 8.72. The molecule has 1 heterocycles. The molecular weight excluding hydrogens is 466 g/mol.